The molecule has 9 nitrogen and oxygen atoms in total. The Morgan fingerprint density at radius 1 is 1.03 bits per heavy atom. The minimum atomic E-state index is -0.884. The van der Waals surface area contributed by atoms with Crippen LogP contribution in [0, 0.1) is 13.8 Å². The van der Waals surface area contributed by atoms with E-state index < -0.39 is 11.8 Å². The van der Waals surface area contributed by atoms with E-state index in [0.717, 1.165) is 11.1 Å². The fourth-order valence-corrected chi connectivity index (χ4v) is 2.59. The van der Waals surface area contributed by atoms with Gasteiger partial charge in [0.25, 0.3) is 5.91 Å². The van der Waals surface area contributed by atoms with E-state index in [4.69, 9.17) is 9.47 Å². The number of methoxy groups -OCH3 is 1. The van der Waals surface area contributed by atoms with E-state index >= 15 is 0 Å². The highest BCUT2D eigenvalue weighted by Gasteiger charge is 2.12. The Labute approximate surface area is 187 Å². The molecule has 0 fully saturated rings. The Morgan fingerprint density at radius 2 is 1.81 bits per heavy atom. The molecule has 0 saturated carbocycles. The molecule has 0 bridgehead atoms. The summed E-state index contributed by atoms with van der Waals surface area (Å²) in [6.07, 6.45) is 1.94. The van der Waals surface area contributed by atoms with Gasteiger partial charge in [0.2, 0.25) is 0 Å². The zero-order chi connectivity index (χ0) is 23.3. The molecular weight excluding hydrogens is 412 g/mol. The van der Waals surface area contributed by atoms with Gasteiger partial charge in [-0.1, -0.05) is 18.2 Å². The van der Waals surface area contributed by atoms with Gasteiger partial charge in [-0.25, -0.2) is 5.43 Å². The number of nitrogens with zero attached hydrogens (tertiary/aromatic N) is 1. The molecule has 3 N–H and O–H groups in total. The normalized spacial score (nSPS) is 10.6. The summed E-state index contributed by atoms with van der Waals surface area (Å²) >= 11 is 0. The van der Waals surface area contributed by atoms with Gasteiger partial charge in [-0.3, -0.25) is 14.4 Å². The number of carbonyl (C=O) groups is 3. The zero-order valence-electron chi connectivity index (χ0n) is 18.4. The zero-order valence-corrected chi connectivity index (χ0v) is 18.4. The molecule has 170 valence electrons. The Kier molecular flexibility index (Phi) is 9.86. The average Bonchev–Trinajstić information content (AvgIpc) is 2.78. The molecule has 0 heterocycles. The third-order valence-corrected chi connectivity index (χ3v) is 4.46. The molecule has 0 atom stereocenters. The molecule has 0 saturated heterocycles. The first-order valence-electron chi connectivity index (χ1n) is 10.1. The van der Waals surface area contributed by atoms with Crippen molar-refractivity contribution in [2.45, 2.75) is 20.3 Å². The van der Waals surface area contributed by atoms with Gasteiger partial charge in [-0.15, -0.1) is 0 Å². The van der Waals surface area contributed by atoms with Crippen LogP contribution in [0.2, 0.25) is 0 Å². The van der Waals surface area contributed by atoms with Gasteiger partial charge in [-0.05, 0) is 55.7 Å². The number of anilines is 1. The van der Waals surface area contributed by atoms with Gasteiger partial charge in [-0.2, -0.15) is 5.10 Å². The predicted octanol–water partition coefficient (Wildman–Crippen LogP) is 1.92. The second kappa shape index (κ2) is 12.9. The van der Waals surface area contributed by atoms with Crippen LogP contribution in [0.3, 0.4) is 0 Å². The standard InChI is InChI=1S/C23H28N4O5/c1-16-9-10-19(13-17(16)2)26-21(28)15-32-20-8-5-4-7-18(20)14-25-27-23(30)22(29)24-11-6-12-31-3/h4-5,7-10,13-14H,6,11-12,15H2,1-3H3,(H,24,29)(H,26,28)(H,27,30)/b25-14-. The van der Waals surface area contributed by atoms with E-state index in [2.05, 4.69) is 21.2 Å². The maximum absolute atomic E-state index is 12.2. The lowest BCUT2D eigenvalue weighted by atomic mass is 10.1. The van der Waals surface area contributed by atoms with Crippen LogP contribution in [0.25, 0.3) is 0 Å². The van der Waals surface area contributed by atoms with Crippen LogP contribution in [-0.4, -0.2) is 50.8 Å². The van der Waals surface area contributed by atoms with E-state index in [1.165, 1.54) is 6.21 Å². The SMILES string of the molecule is COCCCNC(=O)C(=O)N/N=C\c1ccccc1OCC(=O)Nc1ccc(C)c(C)c1. The molecule has 0 spiro atoms. The number of carbonyl (C=O) groups excluding carboxylic acids is 3. The van der Waals surface area contributed by atoms with E-state index in [0.29, 0.717) is 36.6 Å². The van der Waals surface area contributed by atoms with Crippen LogP contribution in [0.1, 0.15) is 23.1 Å². The minimum Gasteiger partial charge on any atom is -0.483 e. The molecule has 0 aromatic heterocycles. The van der Waals surface area contributed by atoms with Crippen molar-refractivity contribution in [2.24, 2.45) is 5.10 Å². The van der Waals surface area contributed by atoms with Gasteiger partial charge in [0.1, 0.15) is 5.75 Å². The molecular formula is C23H28N4O5. The number of para-hydroxylation sites is 1. The number of amides is 3. The molecule has 3 amide bonds. The summed E-state index contributed by atoms with van der Waals surface area (Å²) < 4.78 is 10.5. The molecule has 2 rings (SSSR count). The summed E-state index contributed by atoms with van der Waals surface area (Å²) in [5, 5.41) is 9.04. The lowest BCUT2D eigenvalue weighted by Crippen LogP contribution is -2.38. The number of rotatable bonds is 10. The number of hydrogen-bond acceptors (Lipinski definition) is 6. The smallest absolute Gasteiger partial charge is 0.329 e. The van der Waals surface area contributed by atoms with Crippen LogP contribution in [0.5, 0.6) is 5.75 Å². The first-order chi connectivity index (χ1) is 15.4. The van der Waals surface area contributed by atoms with E-state index in [1.54, 1.807) is 31.4 Å². The fourth-order valence-electron chi connectivity index (χ4n) is 2.59. The Hall–Kier alpha value is -3.72. The summed E-state index contributed by atoms with van der Waals surface area (Å²) in [6, 6.07) is 12.5. The highest BCUT2D eigenvalue weighted by atomic mass is 16.5. The maximum atomic E-state index is 12.2. The monoisotopic (exact) mass is 440 g/mol. The largest absolute Gasteiger partial charge is 0.483 e. The Bertz CT molecular complexity index is 975. The van der Waals surface area contributed by atoms with Crippen molar-refractivity contribution in [3.8, 4) is 5.75 Å². The van der Waals surface area contributed by atoms with Gasteiger partial charge in [0.05, 0.1) is 6.21 Å². The summed E-state index contributed by atoms with van der Waals surface area (Å²) in [4.78, 5) is 35.7. The quantitative estimate of drug-likeness (QED) is 0.226. The van der Waals surface area contributed by atoms with Crippen molar-refractivity contribution in [3.63, 3.8) is 0 Å². The van der Waals surface area contributed by atoms with E-state index in [1.807, 2.05) is 32.0 Å². The first-order valence-corrected chi connectivity index (χ1v) is 10.1. The van der Waals surface area contributed by atoms with Crippen LogP contribution in [0.15, 0.2) is 47.6 Å². The third-order valence-electron chi connectivity index (χ3n) is 4.46. The van der Waals surface area contributed by atoms with Crippen molar-refractivity contribution >= 4 is 29.6 Å². The predicted molar refractivity (Wildman–Crippen MR) is 122 cm³/mol. The van der Waals surface area contributed by atoms with Crippen LogP contribution < -0.4 is 20.8 Å². The van der Waals surface area contributed by atoms with Crippen molar-refractivity contribution in [1.29, 1.82) is 0 Å². The maximum Gasteiger partial charge on any atom is 0.329 e. The number of hydrogen-bond donors (Lipinski definition) is 3. The molecule has 0 aliphatic carbocycles. The van der Waals surface area contributed by atoms with Gasteiger partial charge in [0.15, 0.2) is 6.61 Å². The van der Waals surface area contributed by atoms with Crippen LogP contribution in [-0.2, 0) is 19.1 Å². The number of aryl methyl sites for hydroxylation is 2. The number of hydrazone groups is 1. The summed E-state index contributed by atoms with van der Waals surface area (Å²) in [5.41, 5.74) is 5.61. The number of ether oxygens (including phenoxy) is 2. The molecule has 0 aliphatic rings. The van der Waals surface area contributed by atoms with Crippen molar-refractivity contribution in [2.75, 3.05) is 32.2 Å². The van der Waals surface area contributed by atoms with E-state index in [9.17, 15) is 14.4 Å². The van der Waals surface area contributed by atoms with Crippen molar-refractivity contribution in [3.05, 3.63) is 59.2 Å². The first kappa shape index (κ1) is 24.5. The molecule has 2 aromatic rings. The summed E-state index contributed by atoms with van der Waals surface area (Å²) in [6.45, 7) is 4.58. The molecule has 0 aliphatic heterocycles. The highest BCUT2D eigenvalue weighted by molar-refractivity contribution is 6.35. The minimum absolute atomic E-state index is 0.200. The fraction of sp³-hybridized carbons (Fsp3) is 0.304. The van der Waals surface area contributed by atoms with Crippen molar-refractivity contribution in [1.82, 2.24) is 10.7 Å². The summed E-state index contributed by atoms with van der Waals surface area (Å²) in [5.74, 6) is -1.57. The Morgan fingerprint density at radius 3 is 2.56 bits per heavy atom. The van der Waals surface area contributed by atoms with Gasteiger partial charge < -0.3 is 20.1 Å². The second-order valence-corrected chi connectivity index (χ2v) is 6.98. The molecule has 32 heavy (non-hydrogen) atoms. The lowest BCUT2D eigenvalue weighted by Gasteiger charge is -2.10. The van der Waals surface area contributed by atoms with Gasteiger partial charge in [0, 0.05) is 31.5 Å². The second-order valence-electron chi connectivity index (χ2n) is 6.98. The topological polar surface area (TPSA) is 118 Å². The third kappa shape index (κ3) is 8.19. The number of nitrogens with one attached hydrogen (secondary N) is 3. The average molecular weight is 441 g/mol. The molecule has 0 unspecified atom stereocenters. The van der Waals surface area contributed by atoms with Crippen LogP contribution in [0.4, 0.5) is 5.69 Å². The van der Waals surface area contributed by atoms with Crippen molar-refractivity contribution < 1.29 is 23.9 Å². The molecule has 2 aromatic carbocycles. The molecule has 0 radical (unpaired) electrons. The van der Waals surface area contributed by atoms with E-state index in [-0.39, 0.29) is 12.5 Å². The lowest BCUT2D eigenvalue weighted by molar-refractivity contribution is -0.139. The van der Waals surface area contributed by atoms with Crippen LogP contribution >= 0.6 is 0 Å². The highest BCUT2D eigenvalue weighted by Crippen LogP contribution is 2.17. The molecule has 9 heteroatoms. The van der Waals surface area contributed by atoms with Gasteiger partial charge >= 0.3 is 11.8 Å². The Balaban J connectivity index is 1.86. The summed E-state index contributed by atoms with van der Waals surface area (Å²) in [7, 11) is 1.56. The number of benzene rings is 2.